The van der Waals surface area contributed by atoms with Crippen molar-refractivity contribution in [3.8, 4) is 5.75 Å². The molecule has 2 amide bonds. The molecule has 0 aromatic heterocycles. The lowest BCUT2D eigenvalue weighted by Crippen LogP contribution is -2.56. The summed E-state index contributed by atoms with van der Waals surface area (Å²) in [6.07, 6.45) is 3.20. The van der Waals surface area contributed by atoms with E-state index in [1.165, 1.54) is 0 Å². The van der Waals surface area contributed by atoms with Crippen LogP contribution in [0.2, 0.25) is 0 Å². The minimum absolute atomic E-state index is 0.0556. The second kappa shape index (κ2) is 8.54. The fourth-order valence-electron chi connectivity index (χ4n) is 4.31. The average Bonchev–Trinajstić information content (AvgIpc) is 2.62. The zero-order valence-corrected chi connectivity index (χ0v) is 15.5. The van der Waals surface area contributed by atoms with Crippen molar-refractivity contribution < 1.29 is 19.1 Å². The Kier molecular flexibility index (Phi) is 6.14. The zero-order chi connectivity index (χ0) is 18.5. The first-order chi connectivity index (χ1) is 12.6. The topological polar surface area (TPSA) is 76.7 Å². The number of rotatable bonds is 6. The highest BCUT2D eigenvalue weighted by Crippen LogP contribution is 2.35. The molecular formula is C20H28N2O4. The molecule has 0 radical (unpaired) electrons. The molecule has 2 fully saturated rings. The van der Waals surface area contributed by atoms with Crippen LogP contribution in [0.5, 0.6) is 5.75 Å². The highest BCUT2D eigenvalue weighted by atomic mass is 16.5. The van der Waals surface area contributed by atoms with Crippen molar-refractivity contribution in [3.05, 3.63) is 29.8 Å². The van der Waals surface area contributed by atoms with E-state index in [4.69, 9.17) is 9.47 Å². The molecule has 1 aromatic rings. The zero-order valence-electron chi connectivity index (χ0n) is 15.5. The Morgan fingerprint density at radius 2 is 2.12 bits per heavy atom. The Balaban J connectivity index is 1.64. The number of ether oxygens (including phenoxy) is 2. The van der Waals surface area contributed by atoms with E-state index >= 15 is 0 Å². The van der Waals surface area contributed by atoms with E-state index in [9.17, 15) is 9.59 Å². The third-order valence-electron chi connectivity index (χ3n) is 5.45. The summed E-state index contributed by atoms with van der Waals surface area (Å²) < 4.78 is 10.9. The van der Waals surface area contributed by atoms with Gasteiger partial charge in [-0.15, -0.1) is 0 Å². The van der Waals surface area contributed by atoms with Gasteiger partial charge in [0, 0.05) is 32.2 Å². The second-order valence-electron chi connectivity index (χ2n) is 7.17. The van der Waals surface area contributed by atoms with Crippen LogP contribution < -0.4 is 15.4 Å². The minimum Gasteiger partial charge on any atom is -0.493 e. The van der Waals surface area contributed by atoms with Gasteiger partial charge < -0.3 is 20.1 Å². The summed E-state index contributed by atoms with van der Waals surface area (Å²) in [6.45, 7) is 3.04. The quantitative estimate of drug-likeness (QED) is 0.815. The first kappa shape index (κ1) is 18.7. The third-order valence-corrected chi connectivity index (χ3v) is 5.45. The van der Waals surface area contributed by atoms with Gasteiger partial charge in [-0.2, -0.15) is 0 Å². The lowest BCUT2D eigenvalue weighted by Gasteiger charge is -2.43. The number of hydrogen-bond donors (Lipinski definition) is 2. The molecular weight excluding hydrogens is 332 g/mol. The lowest BCUT2D eigenvalue weighted by molar-refractivity contribution is -0.128. The summed E-state index contributed by atoms with van der Waals surface area (Å²) in [5.41, 5.74) is 0.557. The fraction of sp³-hybridized carbons (Fsp3) is 0.600. The van der Waals surface area contributed by atoms with Crippen molar-refractivity contribution in [2.45, 2.75) is 44.7 Å². The Hall–Kier alpha value is -2.08. The van der Waals surface area contributed by atoms with Gasteiger partial charge >= 0.3 is 0 Å². The van der Waals surface area contributed by atoms with E-state index < -0.39 is 0 Å². The molecule has 4 atom stereocenters. The Morgan fingerprint density at radius 1 is 1.31 bits per heavy atom. The standard InChI is InChI=1S/C20H28N2O4/c1-3-26-18-7-5-4-6-16(18)20(24)21-14-8-9-15-13(12-25-2)10-19(23)22-17(15)11-14/h4-7,13-15,17H,3,8-12H2,1-2H3,(H,21,24)(H,22,23). The number of carbonyl (C=O) groups excluding carboxylic acids is 2. The maximum atomic E-state index is 12.7. The van der Waals surface area contributed by atoms with Crippen LogP contribution in [0, 0.1) is 11.8 Å². The van der Waals surface area contributed by atoms with Crippen molar-refractivity contribution in [2.24, 2.45) is 11.8 Å². The van der Waals surface area contributed by atoms with Crippen molar-refractivity contribution in [2.75, 3.05) is 20.3 Å². The molecule has 0 spiro atoms. The first-order valence-electron chi connectivity index (χ1n) is 9.43. The normalized spacial score (nSPS) is 28.0. The van der Waals surface area contributed by atoms with Crippen molar-refractivity contribution in [1.82, 2.24) is 10.6 Å². The fourth-order valence-corrected chi connectivity index (χ4v) is 4.31. The van der Waals surface area contributed by atoms with Crippen LogP contribution in [0.25, 0.3) is 0 Å². The number of benzene rings is 1. The monoisotopic (exact) mass is 360 g/mol. The van der Waals surface area contributed by atoms with Gasteiger partial charge in [-0.25, -0.2) is 0 Å². The van der Waals surface area contributed by atoms with Gasteiger partial charge in [0.15, 0.2) is 0 Å². The van der Waals surface area contributed by atoms with Gasteiger partial charge in [0.2, 0.25) is 5.91 Å². The minimum atomic E-state index is -0.118. The number of para-hydroxylation sites is 1. The van der Waals surface area contributed by atoms with Crippen molar-refractivity contribution >= 4 is 11.8 Å². The summed E-state index contributed by atoms with van der Waals surface area (Å²) in [6, 6.07) is 7.46. The van der Waals surface area contributed by atoms with E-state index in [1.54, 1.807) is 13.2 Å². The molecule has 2 N–H and O–H groups in total. The van der Waals surface area contributed by atoms with Gasteiger partial charge in [0.25, 0.3) is 5.91 Å². The molecule has 1 aromatic carbocycles. The largest absolute Gasteiger partial charge is 0.493 e. The number of carbonyl (C=O) groups is 2. The van der Waals surface area contributed by atoms with Crippen LogP contribution in [-0.4, -0.2) is 44.2 Å². The number of amides is 2. The Bertz CT molecular complexity index is 648. The summed E-state index contributed by atoms with van der Waals surface area (Å²) in [5, 5.41) is 6.24. The van der Waals surface area contributed by atoms with Crippen molar-refractivity contribution in [1.29, 1.82) is 0 Å². The van der Waals surface area contributed by atoms with Crippen LogP contribution in [0.15, 0.2) is 24.3 Å². The highest BCUT2D eigenvalue weighted by molar-refractivity contribution is 5.97. The SMILES string of the molecule is CCOc1ccccc1C(=O)NC1CCC2C(COC)CC(=O)NC2C1. The number of piperidine rings is 1. The summed E-state index contributed by atoms with van der Waals surface area (Å²) >= 11 is 0. The number of nitrogens with one attached hydrogen (secondary N) is 2. The number of hydrogen-bond acceptors (Lipinski definition) is 4. The summed E-state index contributed by atoms with van der Waals surface area (Å²) in [7, 11) is 1.68. The third kappa shape index (κ3) is 4.18. The molecule has 0 bridgehead atoms. The van der Waals surface area contributed by atoms with Gasteiger partial charge in [-0.1, -0.05) is 12.1 Å². The van der Waals surface area contributed by atoms with Crippen LogP contribution >= 0.6 is 0 Å². The summed E-state index contributed by atoms with van der Waals surface area (Å²) in [5.74, 6) is 1.27. The van der Waals surface area contributed by atoms with Gasteiger partial charge in [-0.05, 0) is 50.2 Å². The molecule has 1 aliphatic heterocycles. The number of fused-ring (bicyclic) bond motifs is 1. The van der Waals surface area contributed by atoms with Crippen LogP contribution in [0.3, 0.4) is 0 Å². The molecule has 6 nitrogen and oxygen atoms in total. The van der Waals surface area contributed by atoms with Crippen LogP contribution in [0.1, 0.15) is 43.0 Å². The molecule has 6 heteroatoms. The first-order valence-corrected chi connectivity index (χ1v) is 9.43. The molecule has 2 aliphatic rings. The molecule has 1 saturated heterocycles. The molecule has 1 heterocycles. The molecule has 1 aliphatic carbocycles. The number of methoxy groups -OCH3 is 1. The van der Waals surface area contributed by atoms with E-state index in [2.05, 4.69) is 10.6 Å². The Morgan fingerprint density at radius 3 is 2.88 bits per heavy atom. The van der Waals surface area contributed by atoms with Crippen LogP contribution in [0.4, 0.5) is 0 Å². The molecule has 3 rings (SSSR count). The van der Waals surface area contributed by atoms with E-state index in [1.807, 2.05) is 25.1 Å². The van der Waals surface area contributed by atoms with Gasteiger partial charge in [0.05, 0.1) is 12.2 Å². The van der Waals surface area contributed by atoms with Gasteiger partial charge in [0.1, 0.15) is 5.75 Å². The maximum Gasteiger partial charge on any atom is 0.255 e. The van der Waals surface area contributed by atoms with E-state index in [-0.39, 0.29) is 29.8 Å². The molecule has 142 valence electrons. The van der Waals surface area contributed by atoms with Crippen molar-refractivity contribution in [3.63, 3.8) is 0 Å². The average molecular weight is 360 g/mol. The second-order valence-corrected chi connectivity index (χ2v) is 7.17. The molecule has 1 saturated carbocycles. The van der Waals surface area contributed by atoms with E-state index in [0.717, 1.165) is 19.3 Å². The lowest BCUT2D eigenvalue weighted by atomic mass is 9.71. The van der Waals surface area contributed by atoms with E-state index in [0.29, 0.717) is 36.9 Å². The molecule has 4 unspecified atom stereocenters. The predicted molar refractivity (Wildman–Crippen MR) is 98.1 cm³/mol. The predicted octanol–water partition coefficient (Wildman–Crippen LogP) is 2.13. The van der Waals surface area contributed by atoms with Gasteiger partial charge in [-0.3, -0.25) is 9.59 Å². The molecule has 26 heavy (non-hydrogen) atoms. The van der Waals surface area contributed by atoms with Crippen LogP contribution in [-0.2, 0) is 9.53 Å². The maximum absolute atomic E-state index is 12.7. The highest BCUT2D eigenvalue weighted by Gasteiger charge is 2.41. The Labute approximate surface area is 154 Å². The summed E-state index contributed by atoms with van der Waals surface area (Å²) in [4.78, 5) is 24.7. The smallest absolute Gasteiger partial charge is 0.255 e.